The Morgan fingerprint density at radius 3 is 2.46 bits per heavy atom. The van der Waals surface area contributed by atoms with Crippen molar-refractivity contribution in [2.45, 2.75) is 11.4 Å². The molecule has 13 heavy (non-hydrogen) atoms. The van der Waals surface area contributed by atoms with Crippen LogP contribution in [0.5, 0.6) is 0 Å². The molecule has 0 nitrogen and oxygen atoms in total. The number of halogens is 1. The Labute approximate surface area is 92.1 Å². The molecule has 0 saturated carbocycles. The Hall–Kier alpha value is -0.570. The summed E-state index contributed by atoms with van der Waals surface area (Å²) in [5, 5.41) is 2.69. The molecule has 0 bridgehead atoms. The number of hydrogen-bond donors (Lipinski definition) is 0. The van der Waals surface area contributed by atoms with Crippen LogP contribution >= 0.6 is 22.6 Å². The molecule has 0 heterocycles. The normalized spacial score (nSPS) is 10.6. The number of hydrogen-bond acceptors (Lipinski definition) is 0. The summed E-state index contributed by atoms with van der Waals surface area (Å²) in [6.07, 6.45) is 0. The van der Waals surface area contributed by atoms with Crippen LogP contribution in [0.3, 0.4) is 0 Å². The highest BCUT2D eigenvalue weighted by atomic mass is 127. The van der Waals surface area contributed by atoms with E-state index in [1.807, 2.05) is 0 Å². The minimum absolute atomic E-state index is 1.08. The second-order valence-electron chi connectivity index (χ2n) is 3.32. The average Bonchev–Trinajstić information content (AvgIpc) is 2.17. The molecule has 0 aliphatic rings. The van der Waals surface area contributed by atoms with Crippen molar-refractivity contribution in [2.24, 2.45) is 0 Å². The summed E-state index contributed by atoms with van der Waals surface area (Å²) in [6.45, 7) is 2.13. The highest BCUT2D eigenvalue weighted by Gasteiger charge is 1.95. The average molecular weight is 282 g/mol. The van der Waals surface area contributed by atoms with Gasteiger partial charge < -0.3 is 0 Å². The van der Waals surface area contributed by atoms with Gasteiger partial charge in [0.2, 0.25) is 0 Å². The number of alkyl halides is 1. The van der Waals surface area contributed by atoms with Gasteiger partial charge in [0.1, 0.15) is 0 Å². The van der Waals surface area contributed by atoms with Crippen LogP contribution in [-0.2, 0) is 4.43 Å². The van der Waals surface area contributed by atoms with E-state index in [0.29, 0.717) is 0 Å². The Morgan fingerprint density at radius 2 is 1.69 bits per heavy atom. The molecule has 2 aromatic carbocycles. The first-order chi connectivity index (χ1) is 6.29. The van der Waals surface area contributed by atoms with Crippen LogP contribution in [0.15, 0.2) is 36.4 Å². The van der Waals surface area contributed by atoms with E-state index in [0.717, 1.165) is 4.43 Å². The maximum Gasteiger partial charge on any atom is 0.0247 e. The first-order valence-electron chi connectivity index (χ1n) is 4.35. The van der Waals surface area contributed by atoms with Gasteiger partial charge in [-0.3, -0.25) is 0 Å². The van der Waals surface area contributed by atoms with Gasteiger partial charge >= 0.3 is 0 Å². The Morgan fingerprint density at radius 1 is 1.00 bits per heavy atom. The smallest absolute Gasteiger partial charge is 0.0247 e. The Kier molecular flexibility index (Phi) is 2.54. The van der Waals surface area contributed by atoms with Gasteiger partial charge in [-0.15, -0.1) is 0 Å². The topological polar surface area (TPSA) is 0 Å². The van der Waals surface area contributed by atoms with E-state index in [9.17, 15) is 0 Å². The molecule has 2 aromatic rings. The van der Waals surface area contributed by atoms with Crippen LogP contribution in [0.2, 0.25) is 0 Å². The van der Waals surface area contributed by atoms with Gasteiger partial charge in [0, 0.05) is 4.43 Å². The third-order valence-corrected chi connectivity index (χ3v) is 3.10. The lowest BCUT2D eigenvalue weighted by Gasteiger charge is -2.01. The quantitative estimate of drug-likeness (QED) is 0.546. The summed E-state index contributed by atoms with van der Waals surface area (Å²) in [5.41, 5.74) is 2.73. The maximum atomic E-state index is 2.39. The zero-order valence-corrected chi connectivity index (χ0v) is 9.71. The first kappa shape index (κ1) is 9.00. The minimum Gasteiger partial charge on any atom is -0.0812 e. The third kappa shape index (κ3) is 1.85. The fourth-order valence-corrected chi connectivity index (χ4v) is 1.97. The molecule has 0 saturated heterocycles. The summed E-state index contributed by atoms with van der Waals surface area (Å²) in [7, 11) is 0. The van der Waals surface area contributed by atoms with Crippen LogP contribution in [0.4, 0.5) is 0 Å². The predicted octanol–water partition coefficient (Wildman–Crippen LogP) is 4.08. The van der Waals surface area contributed by atoms with Crippen molar-refractivity contribution < 1.29 is 0 Å². The van der Waals surface area contributed by atoms with E-state index in [4.69, 9.17) is 0 Å². The fourth-order valence-electron chi connectivity index (χ4n) is 1.50. The lowest BCUT2D eigenvalue weighted by Crippen LogP contribution is -1.79. The van der Waals surface area contributed by atoms with Gasteiger partial charge in [0.05, 0.1) is 0 Å². The standard InChI is InChI=1S/C12H11I/c1-9-2-4-12-7-10(8-13)3-5-11(12)6-9/h2-7H,8H2,1H3. The van der Waals surface area contributed by atoms with Crippen molar-refractivity contribution >= 4 is 33.4 Å². The van der Waals surface area contributed by atoms with Crippen molar-refractivity contribution in [3.63, 3.8) is 0 Å². The second-order valence-corrected chi connectivity index (χ2v) is 4.08. The van der Waals surface area contributed by atoms with Gasteiger partial charge in [-0.2, -0.15) is 0 Å². The van der Waals surface area contributed by atoms with E-state index < -0.39 is 0 Å². The van der Waals surface area contributed by atoms with Crippen LogP contribution in [0.25, 0.3) is 10.8 Å². The summed E-state index contributed by atoms with van der Waals surface area (Å²) in [6, 6.07) is 13.3. The molecule has 1 heteroatoms. The predicted molar refractivity (Wildman–Crippen MR) is 66.4 cm³/mol. The van der Waals surface area contributed by atoms with Gasteiger partial charge in [-0.05, 0) is 23.3 Å². The van der Waals surface area contributed by atoms with E-state index >= 15 is 0 Å². The number of aryl methyl sites for hydroxylation is 1. The molecule has 0 spiro atoms. The first-order valence-corrected chi connectivity index (χ1v) is 5.87. The fraction of sp³-hybridized carbons (Fsp3) is 0.167. The largest absolute Gasteiger partial charge is 0.0812 e. The molecule has 2 rings (SSSR count). The monoisotopic (exact) mass is 282 g/mol. The van der Waals surface area contributed by atoms with Crippen molar-refractivity contribution in [3.8, 4) is 0 Å². The van der Waals surface area contributed by atoms with Gasteiger partial charge in [0.25, 0.3) is 0 Å². The molecule has 0 fully saturated rings. The molecule has 0 aliphatic heterocycles. The third-order valence-electron chi connectivity index (χ3n) is 2.21. The van der Waals surface area contributed by atoms with Crippen LogP contribution in [0, 0.1) is 6.92 Å². The van der Waals surface area contributed by atoms with E-state index in [-0.39, 0.29) is 0 Å². The molecule has 0 aromatic heterocycles. The molecular weight excluding hydrogens is 271 g/mol. The number of rotatable bonds is 1. The molecule has 0 radical (unpaired) electrons. The Balaban J connectivity index is 2.66. The summed E-state index contributed by atoms with van der Waals surface area (Å²) in [5.74, 6) is 0. The highest BCUT2D eigenvalue weighted by molar-refractivity contribution is 14.1. The minimum atomic E-state index is 1.08. The molecule has 0 amide bonds. The molecule has 0 N–H and O–H groups in total. The van der Waals surface area contributed by atoms with Crippen molar-refractivity contribution in [2.75, 3.05) is 0 Å². The van der Waals surface area contributed by atoms with Crippen molar-refractivity contribution in [1.29, 1.82) is 0 Å². The molecular formula is C12H11I. The van der Waals surface area contributed by atoms with E-state index in [2.05, 4.69) is 65.9 Å². The van der Waals surface area contributed by atoms with Crippen molar-refractivity contribution in [1.82, 2.24) is 0 Å². The lowest BCUT2D eigenvalue weighted by molar-refractivity contribution is 1.46. The maximum absolute atomic E-state index is 2.39. The number of fused-ring (bicyclic) bond motifs is 1. The SMILES string of the molecule is Cc1ccc2cc(CI)ccc2c1. The van der Waals surface area contributed by atoms with Gasteiger partial charge in [-0.1, -0.05) is 64.6 Å². The molecule has 0 atom stereocenters. The number of benzene rings is 2. The summed E-state index contributed by atoms with van der Waals surface area (Å²) in [4.78, 5) is 0. The van der Waals surface area contributed by atoms with E-state index in [1.54, 1.807) is 0 Å². The second kappa shape index (κ2) is 3.66. The van der Waals surface area contributed by atoms with Crippen molar-refractivity contribution in [3.05, 3.63) is 47.5 Å². The summed E-state index contributed by atoms with van der Waals surface area (Å²) < 4.78 is 1.08. The van der Waals surface area contributed by atoms with Crippen LogP contribution in [0.1, 0.15) is 11.1 Å². The zero-order chi connectivity index (χ0) is 9.26. The molecule has 0 aliphatic carbocycles. The van der Waals surface area contributed by atoms with E-state index in [1.165, 1.54) is 21.9 Å². The molecule has 66 valence electrons. The summed E-state index contributed by atoms with van der Waals surface area (Å²) >= 11 is 2.39. The van der Waals surface area contributed by atoms with Crippen LogP contribution in [-0.4, -0.2) is 0 Å². The van der Waals surface area contributed by atoms with Gasteiger partial charge in [0.15, 0.2) is 0 Å². The highest BCUT2D eigenvalue weighted by Crippen LogP contribution is 2.18. The molecule has 0 unspecified atom stereocenters. The zero-order valence-electron chi connectivity index (χ0n) is 7.55. The Bertz CT molecular complexity index is 432. The van der Waals surface area contributed by atoms with Gasteiger partial charge in [-0.25, -0.2) is 0 Å². The lowest BCUT2D eigenvalue weighted by atomic mass is 10.1. The van der Waals surface area contributed by atoms with Crippen LogP contribution < -0.4 is 0 Å².